The van der Waals surface area contributed by atoms with E-state index >= 15 is 0 Å². The van der Waals surface area contributed by atoms with Crippen LogP contribution in [0.2, 0.25) is 0 Å². The van der Waals surface area contributed by atoms with Crippen LogP contribution in [0.15, 0.2) is 23.6 Å². The molecule has 0 saturated carbocycles. The zero-order valence-electron chi connectivity index (χ0n) is 9.71. The second-order valence-electron chi connectivity index (χ2n) is 3.93. The summed E-state index contributed by atoms with van der Waals surface area (Å²) in [4.78, 5) is 0.780. The first-order valence-electron chi connectivity index (χ1n) is 5.50. The van der Waals surface area contributed by atoms with Gasteiger partial charge in [-0.3, -0.25) is 0 Å². The maximum atomic E-state index is 13.6. The number of halogens is 3. The molecule has 5 heteroatoms. The summed E-state index contributed by atoms with van der Waals surface area (Å²) < 4.78 is 39.6. The summed E-state index contributed by atoms with van der Waals surface area (Å²) in [5, 5.41) is 1.85. The quantitative estimate of drug-likeness (QED) is 0.845. The fraction of sp³-hybridized carbons (Fsp3) is 0.231. The number of benzene rings is 1. The third-order valence-corrected chi connectivity index (χ3v) is 3.86. The van der Waals surface area contributed by atoms with E-state index in [4.69, 9.17) is 5.73 Å². The molecule has 1 atom stereocenters. The molecule has 1 aromatic carbocycles. The van der Waals surface area contributed by atoms with Gasteiger partial charge in [0.15, 0.2) is 11.6 Å². The van der Waals surface area contributed by atoms with Crippen LogP contribution in [-0.4, -0.2) is 0 Å². The number of hydrogen-bond donors (Lipinski definition) is 1. The van der Waals surface area contributed by atoms with Gasteiger partial charge in [0.25, 0.3) is 0 Å². The molecule has 1 unspecified atom stereocenters. The summed E-state index contributed by atoms with van der Waals surface area (Å²) in [5.74, 6) is -3.11. The maximum Gasteiger partial charge on any atom is 0.161 e. The first-order chi connectivity index (χ1) is 8.54. The highest BCUT2D eigenvalue weighted by atomic mass is 32.1. The van der Waals surface area contributed by atoms with Crippen molar-refractivity contribution in [2.45, 2.75) is 19.4 Å². The first kappa shape index (κ1) is 13.1. The second kappa shape index (κ2) is 5.12. The van der Waals surface area contributed by atoms with E-state index in [9.17, 15) is 13.2 Å². The van der Waals surface area contributed by atoms with Crippen LogP contribution in [0.3, 0.4) is 0 Å². The summed E-state index contributed by atoms with van der Waals surface area (Å²) in [6, 6.07) is 2.49. The van der Waals surface area contributed by atoms with Crippen molar-refractivity contribution in [1.82, 2.24) is 0 Å². The molecule has 0 aliphatic rings. The van der Waals surface area contributed by atoms with Crippen molar-refractivity contribution in [3.05, 3.63) is 57.0 Å². The Morgan fingerprint density at radius 3 is 2.50 bits per heavy atom. The third-order valence-electron chi connectivity index (χ3n) is 2.82. The Morgan fingerprint density at radius 2 is 1.83 bits per heavy atom. The highest BCUT2D eigenvalue weighted by molar-refractivity contribution is 7.10. The summed E-state index contributed by atoms with van der Waals surface area (Å²) >= 11 is 1.39. The largest absolute Gasteiger partial charge is 0.320 e. The molecule has 0 aliphatic heterocycles. The van der Waals surface area contributed by atoms with Crippen LogP contribution in [0.4, 0.5) is 13.2 Å². The number of hydrogen-bond acceptors (Lipinski definition) is 2. The molecule has 2 N–H and O–H groups in total. The fourth-order valence-electron chi connectivity index (χ4n) is 1.83. The van der Waals surface area contributed by atoms with Gasteiger partial charge in [-0.1, -0.05) is 6.92 Å². The molecular weight excluding hydrogens is 259 g/mol. The van der Waals surface area contributed by atoms with E-state index in [-0.39, 0.29) is 5.56 Å². The molecule has 1 nitrogen and oxygen atoms in total. The van der Waals surface area contributed by atoms with Crippen molar-refractivity contribution in [3.63, 3.8) is 0 Å². The van der Waals surface area contributed by atoms with Gasteiger partial charge < -0.3 is 5.73 Å². The van der Waals surface area contributed by atoms with E-state index in [1.807, 2.05) is 18.4 Å². The highest BCUT2D eigenvalue weighted by Gasteiger charge is 2.20. The fourth-order valence-corrected chi connectivity index (χ4v) is 2.85. The minimum absolute atomic E-state index is 0.0222. The van der Waals surface area contributed by atoms with E-state index in [2.05, 4.69) is 0 Å². The molecule has 96 valence electrons. The molecular formula is C13H12F3NS. The molecule has 2 aromatic rings. The lowest BCUT2D eigenvalue weighted by molar-refractivity contribution is 0.488. The van der Waals surface area contributed by atoms with Crippen molar-refractivity contribution in [1.29, 1.82) is 0 Å². The van der Waals surface area contributed by atoms with Crippen molar-refractivity contribution in [2.75, 3.05) is 0 Å². The van der Waals surface area contributed by atoms with Crippen LogP contribution in [0.1, 0.15) is 29.0 Å². The third kappa shape index (κ3) is 2.28. The minimum atomic E-state index is -1.20. The van der Waals surface area contributed by atoms with Crippen LogP contribution in [-0.2, 0) is 6.42 Å². The Labute approximate surface area is 107 Å². The lowest BCUT2D eigenvalue weighted by Gasteiger charge is -2.13. The molecule has 0 spiro atoms. The average Bonchev–Trinajstić information content (AvgIpc) is 2.81. The van der Waals surface area contributed by atoms with E-state index in [0.29, 0.717) is 6.07 Å². The number of aryl methyl sites for hydroxylation is 1. The Balaban J connectivity index is 2.46. The minimum Gasteiger partial charge on any atom is -0.320 e. The molecule has 1 heterocycles. The van der Waals surface area contributed by atoms with Gasteiger partial charge in [0, 0.05) is 16.5 Å². The first-order valence-corrected chi connectivity index (χ1v) is 6.38. The van der Waals surface area contributed by atoms with E-state index < -0.39 is 23.5 Å². The average molecular weight is 271 g/mol. The number of thiophene rings is 1. The molecule has 0 radical (unpaired) electrons. The van der Waals surface area contributed by atoms with Gasteiger partial charge in [0.2, 0.25) is 0 Å². The van der Waals surface area contributed by atoms with Gasteiger partial charge >= 0.3 is 0 Å². The highest BCUT2D eigenvalue weighted by Crippen LogP contribution is 2.30. The van der Waals surface area contributed by atoms with Crippen LogP contribution < -0.4 is 5.73 Å². The summed E-state index contributed by atoms with van der Waals surface area (Å²) in [5.41, 5.74) is 6.91. The smallest absolute Gasteiger partial charge is 0.161 e. The Bertz CT molecular complexity index is 565. The van der Waals surface area contributed by atoms with E-state index in [1.54, 1.807) is 0 Å². The lowest BCUT2D eigenvalue weighted by atomic mass is 10.0. The van der Waals surface area contributed by atoms with Crippen molar-refractivity contribution >= 4 is 11.3 Å². The van der Waals surface area contributed by atoms with E-state index in [1.165, 1.54) is 11.3 Å². The predicted molar refractivity (Wildman–Crippen MR) is 66.0 cm³/mol. The zero-order valence-corrected chi connectivity index (χ0v) is 10.5. The maximum absolute atomic E-state index is 13.6. The van der Waals surface area contributed by atoms with Crippen LogP contribution >= 0.6 is 11.3 Å². The van der Waals surface area contributed by atoms with Gasteiger partial charge in [-0.05, 0) is 29.5 Å². The number of rotatable bonds is 3. The Hall–Kier alpha value is -1.33. The molecule has 18 heavy (non-hydrogen) atoms. The van der Waals surface area contributed by atoms with Crippen molar-refractivity contribution < 1.29 is 13.2 Å². The van der Waals surface area contributed by atoms with Gasteiger partial charge in [0.05, 0.1) is 6.04 Å². The molecule has 0 bridgehead atoms. The van der Waals surface area contributed by atoms with Crippen molar-refractivity contribution in [2.24, 2.45) is 5.73 Å². The standard InChI is InChI=1S/C13H12F3NS/c1-2-7-3-4-18-13(7)12(17)8-5-10(15)11(16)6-9(8)14/h3-6,12H,2,17H2,1H3. The predicted octanol–water partition coefficient (Wildman–Crippen LogP) is 3.78. The van der Waals surface area contributed by atoms with Gasteiger partial charge in [-0.2, -0.15) is 0 Å². The van der Waals surface area contributed by atoms with Crippen LogP contribution in [0.25, 0.3) is 0 Å². The zero-order chi connectivity index (χ0) is 13.3. The molecule has 2 rings (SSSR count). The van der Waals surface area contributed by atoms with E-state index in [0.717, 1.165) is 22.9 Å². The topological polar surface area (TPSA) is 26.0 Å². The monoisotopic (exact) mass is 271 g/mol. The van der Waals surface area contributed by atoms with Gasteiger partial charge in [-0.25, -0.2) is 13.2 Å². The molecule has 0 amide bonds. The van der Waals surface area contributed by atoms with Gasteiger partial charge in [0.1, 0.15) is 5.82 Å². The molecule has 0 fully saturated rings. The molecule has 1 aromatic heterocycles. The van der Waals surface area contributed by atoms with Gasteiger partial charge in [-0.15, -0.1) is 11.3 Å². The van der Waals surface area contributed by atoms with Crippen LogP contribution in [0.5, 0.6) is 0 Å². The Kier molecular flexibility index (Phi) is 3.73. The molecule has 0 saturated heterocycles. The summed E-state index contributed by atoms with van der Waals surface area (Å²) in [6.07, 6.45) is 0.762. The lowest BCUT2D eigenvalue weighted by Crippen LogP contribution is -2.14. The second-order valence-corrected chi connectivity index (χ2v) is 4.88. The normalized spacial score (nSPS) is 12.7. The summed E-state index contributed by atoms with van der Waals surface area (Å²) in [6.45, 7) is 1.96. The number of nitrogens with two attached hydrogens (primary N) is 1. The van der Waals surface area contributed by atoms with Crippen molar-refractivity contribution in [3.8, 4) is 0 Å². The van der Waals surface area contributed by atoms with Crippen LogP contribution in [0, 0.1) is 17.5 Å². The Morgan fingerprint density at radius 1 is 1.17 bits per heavy atom. The molecule has 0 aliphatic carbocycles. The summed E-state index contributed by atoms with van der Waals surface area (Å²) in [7, 11) is 0. The SMILES string of the molecule is CCc1ccsc1C(N)c1cc(F)c(F)cc1F.